The van der Waals surface area contributed by atoms with Crippen LogP contribution in [0.3, 0.4) is 0 Å². The molecule has 1 amide bonds. The van der Waals surface area contributed by atoms with E-state index in [0.717, 1.165) is 5.01 Å². The van der Waals surface area contributed by atoms with Crippen LogP contribution in [0, 0.1) is 5.82 Å². The van der Waals surface area contributed by atoms with Gasteiger partial charge in [0.1, 0.15) is 5.82 Å². The highest BCUT2D eigenvalue weighted by molar-refractivity contribution is 6.00. The summed E-state index contributed by atoms with van der Waals surface area (Å²) in [5, 5.41) is 0.846. The predicted octanol–water partition coefficient (Wildman–Crippen LogP) is 1.58. The third-order valence-corrected chi connectivity index (χ3v) is 1.80. The van der Waals surface area contributed by atoms with Crippen LogP contribution in [-0.4, -0.2) is 12.5 Å². The second-order valence-electron chi connectivity index (χ2n) is 2.95. The van der Waals surface area contributed by atoms with Crippen molar-refractivity contribution in [2.24, 2.45) is 5.84 Å². The third kappa shape index (κ3) is 3.36. The van der Waals surface area contributed by atoms with E-state index < -0.39 is 11.7 Å². The normalized spacial score (nSPS) is 10.4. The van der Waals surface area contributed by atoms with Crippen LogP contribution in [0.5, 0.6) is 0 Å². The van der Waals surface area contributed by atoms with Gasteiger partial charge in [-0.05, 0) is 25.1 Å². The number of carbonyl (C=O) groups is 1. The Morgan fingerprint density at radius 3 is 3.00 bits per heavy atom. The number of hydrogen-bond acceptors (Lipinski definition) is 3. The summed E-state index contributed by atoms with van der Waals surface area (Å²) in [6.45, 7) is 2.26. The quantitative estimate of drug-likeness (QED) is 0.278. The topological polar surface area (TPSA) is 55.6 Å². The first kappa shape index (κ1) is 12.2. The fourth-order valence-corrected chi connectivity index (χ4v) is 1.04. The zero-order valence-electron chi connectivity index (χ0n) is 8.89. The fraction of sp³-hybridized carbons (Fsp3) is 0.182. The molecule has 0 heterocycles. The fourth-order valence-electron chi connectivity index (χ4n) is 1.04. The van der Waals surface area contributed by atoms with Crippen molar-refractivity contribution in [1.82, 2.24) is 0 Å². The van der Waals surface area contributed by atoms with Crippen molar-refractivity contribution in [3.8, 4) is 0 Å². The Hall–Kier alpha value is -1.88. The van der Waals surface area contributed by atoms with Crippen LogP contribution in [0.15, 0.2) is 36.6 Å². The standard InChI is InChI=1S/C11H13FN2O2/c1-2-16-7-6-11(15)14(13)10-5-3-4-9(12)8-10/h3-8H,2,13H2,1H3. The molecule has 0 atom stereocenters. The molecule has 0 saturated carbocycles. The molecule has 16 heavy (non-hydrogen) atoms. The van der Waals surface area contributed by atoms with Gasteiger partial charge in [-0.1, -0.05) is 6.07 Å². The van der Waals surface area contributed by atoms with Gasteiger partial charge >= 0.3 is 0 Å². The minimum atomic E-state index is -0.487. The maximum Gasteiger partial charge on any atom is 0.268 e. The first-order valence-corrected chi connectivity index (χ1v) is 4.77. The van der Waals surface area contributed by atoms with Crippen LogP contribution >= 0.6 is 0 Å². The molecule has 86 valence electrons. The van der Waals surface area contributed by atoms with Crippen LogP contribution in [0.2, 0.25) is 0 Å². The molecule has 5 heteroatoms. The van der Waals surface area contributed by atoms with Gasteiger partial charge in [0.2, 0.25) is 0 Å². The largest absolute Gasteiger partial charge is 0.501 e. The van der Waals surface area contributed by atoms with E-state index in [-0.39, 0.29) is 5.69 Å². The Kier molecular flexibility index (Phi) is 4.47. The van der Waals surface area contributed by atoms with E-state index in [1.54, 1.807) is 6.92 Å². The lowest BCUT2D eigenvalue weighted by molar-refractivity contribution is -0.114. The lowest BCUT2D eigenvalue weighted by Crippen LogP contribution is -2.36. The molecule has 1 rings (SSSR count). The highest BCUT2D eigenvalue weighted by Crippen LogP contribution is 2.12. The van der Waals surface area contributed by atoms with Gasteiger partial charge in [-0.15, -0.1) is 0 Å². The number of carbonyl (C=O) groups excluding carboxylic acids is 1. The number of amides is 1. The summed E-state index contributed by atoms with van der Waals surface area (Å²) < 4.78 is 17.7. The second-order valence-corrected chi connectivity index (χ2v) is 2.95. The molecule has 0 fully saturated rings. The molecule has 2 N–H and O–H groups in total. The van der Waals surface area contributed by atoms with Crippen molar-refractivity contribution in [2.45, 2.75) is 6.92 Å². The number of halogens is 1. The lowest BCUT2D eigenvalue weighted by Gasteiger charge is -2.14. The first-order chi connectivity index (χ1) is 7.65. The smallest absolute Gasteiger partial charge is 0.268 e. The van der Waals surface area contributed by atoms with Gasteiger partial charge in [0.15, 0.2) is 0 Å². The van der Waals surface area contributed by atoms with Gasteiger partial charge in [-0.25, -0.2) is 15.2 Å². The maximum atomic E-state index is 12.9. The molecule has 1 aromatic carbocycles. The number of hydrazine groups is 1. The van der Waals surface area contributed by atoms with Gasteiger partial charge in [0.05, 0.1) is 18.6 Å². The van der Waals surface area contributed by atoms with E-state index >= 15 is 0 Å². The molecule has 0 spiro atoms. The molecule has 0 aromatic heterocycles. The van der Waals surface area contributed by atoms with Gasteiger partial charge in [-0.3, -0.25) is 4.79 Å². The average molecular weight is 224 g/mol. The van der Waals surface area contributed by atoms with Gasteiger partial charge in [0.25, 0.3) is 5.91 Å². The first-order valence-electron chi connectivity index (χ1n) is 4.77. The number of benzene rings is 1. The zero-order chi connectivity index (χ0) is 12.0. The number of rotatable bonds is 4. The highest BCUT2D eigenvalue weighted by Gasteiger charge is 2.08. The van der Waals surface area contributed by atoms with E-state index in [1.807, 2.05) is 0 Å². The molecule has 1 aromatic rings. The van der Waals surface area contributed by atoms with Crippen molar-refractivity contribution in [2.75, 3.05) is 11.6 Å². The highest BCUT2D eigenvalue weighted by atomic mass is 19.1. The zero-order valence-corrected chi connectivity index (χ0v) is 8.89. The van der Waals surface area contributed by atoms with Crippen LogP contribution in [0.1, 0.15) is 6.92 Å². The molecule has 0 radical (unpaired) electrons. The van der Waals surface area contributed by atoms with Crippen molar-refractivity contribution < 1.29 is 13.9 Å². The summed E-state index contributed by atoms with van der Waals surface area (Å²) in [6, 6.07) is 5.46. The minimum absolute atomic E-state index is 0.283. The molecule has 0 aliphatic rings. The molecular weight excluding hydrogens is 211 g/mol. The number of anilines is 1. The van der Waals surface area contributed by atoms with Crippen LogP contribution in [0.25, 0.3) is 0 Å². The summed E-state index contributed by atoms with van der Waals surface area (Å²) in [6.07, 6.45) is 2.43. The monoisotopic (exact) mass is 224 g/mol. The maximum absolute atomic E-state index is 12.9. The minimum Gasteiger partial charge on any atom is -0.501 e. The Morgan fingerprint density at radius 2 is 2.38 bits per heavy atom. The number of nitrogens with two attached hydrogens (primary N) is 1. The van der Waals surface area contributed by atoms with E-state index in [0.29, 0.717) is 6.61 Å². The second kappa shape index (κ2) is 5.87. The summed E-state index contributed by atoms with van der Waals surface area (Å²) in [5.41, 5.74) is 0.283. The summed E-state index contributed by atoms with van der Waals surface area (Å²) >= 11 is 0. The Balaban J connectivity index is 2.70. The van der Waals surface area contributed by atoms with Gasteiger partial charge in [0, 0.05) is 6.08 Å². The summed E-state index contributed by atoms with van der Waals surface area (Å²) in [4.78, 5) is 11.4. The molecule has 0 aliphatic heterocycles. The molecule has 0 bridgehead atoms. The van der Waals surface area contributed by atoms with E-state index in [9.17, 15) is 9.18 Å². The van der Waals surface area contributed by atoms with Crippen LogP contribution < -0.4 is 10.9 Å². The van der Waals surface area contributed by atoms with Crippen molar-refractivity contribution >= 4 is 11.6 Å². The summed E-state index contributed by atoms with van der Waals surface area (Å²) in [7, 11) is 0. The van der Waals surface area contributed by atoms with Gasteiger partial charge in [-0.2, -0.15) is 0 Å². The van der Waals surface area contributed by atoms with E-state index in [1.165, 1.54) is 36.6 Å². The third-order valence-electron chi connectivity index (χ3n) is 1.80. The molecule has 0 unspecified atom stereocenters. The SMILES string of the molecule is CCOC=CC(=O)N(N)c1cccc(F)c1. The summed E-state index contributed by atoms with van der Waals surface area (Å²) in [5.74, 6) is 4.56. The van der Waals surface area contributed by atoms with Crippen molar-refractivity contribution in [3.05, 3.63) is 42.4 Å². The lowest BCUT2D eigenvalue weighted by atomic mass is 10.3. The van der Waals surface area contributed by atoms with Crippen LogP contribution in [-0.2, 0) is 9.53 Å². The van der Waals surface area contributed by atoms with Gasteiger partial charge < -0.3 is 4.74 Å². The average Bonchev–Trinajstić information content (AvgIpc) is 2.28. The Labute approximate surface area is 93.1 Å². The Morgan fingerprint density at radius 1 is 1.62 bits per heavy atom. The van der Waals surface area contributed by atoms with E-state index in [2.05, 4.69) is 0 Å². The predicted molar refractivity (Wildman–Crippen MR) is 58.8 cm³/mol. The Bertz CT molecular complexity index is 393. The van der Waals surface area contributed by atoms with Crippen LogP contribution in [0.4, 0.5) is 10.1 Å². The number of hydrogen-bond donors (Lipinski definition) is 1. The molecule has 4 nitrogen and oxygen atoms in total. The van der Waals surface area contributed by atoms with Crippen molar-refractivity contribution in [3.63, 3.8) is 0 Å². The van der Waals surface area contributed by atoms with E-state index in [4.69, 9.17) is 10.6 Å². The number of nitrogens with zero attached hydrogens (tertiary/aromatic N) is 1. The number of ether oxygens (including phenoxy) is 1. The molecule has 0 saturated heterocycles. The van der Waals surface area contributed by atoms with Crippen molar-refractivity contribution in [1.29, 1.82) is 0 Å². The molecular formula is C11H13FN2O2. The molecule has 0 aliphatic carbocycles.